The molecule has 1 N–H and O–H groups in total. The largest absolute Gasteiger partial charge is 0.317 e. The molecule has 20 heavy (non-hydrogen) atoms. The molecule has 0 radical (unpaired) electrons. The van der Waals surface area contributed by atoms with Gasteiger partial charge in [-0.2, -0.15) is 0 Å². The van der Waals surface area contributed by atoms with Gasteiger partial charge in [-0.3, -0.25) is 4.90 Å². The molecule has 0 bridgehead atoms. The van der Waals surface area contributed by atoms with Crippen molar-refractivity contribution in [2.45, 2.75) is 32.2 Å². The Labute approximate surface area is 129 Å². The van der Waals surface area contributed by atoms with Gasteiger partial charge in [0.05, 0.1) is 0 Å². The van der Waals surface area contributed by atoms with E-state index in [-0.39, 0.29) is 11.9 Å². The highest BCUT2D eigenvalue weighted by Crippen LogP contribution is 2.36. The van der Waals surface area contributed by atoms with Crippen LogP contribution in [0.3, 0.4) is 0 Å². The Hall–Kier alpha value is -0.450. The minimum Gasteiger partial charge on any atom is -0.317 e. The van der Waals surface area contributed by atoms with Crippen LogP contribution in [0.1, 0.15) is 37.8 Å². The van der Waals surface area contributed by atoms with Gasteiger partial charge in [0.15, 0.2) is 0 Å². The van der Waals surface area contributed by atoms with Crippen molar-refractivity contribution >= 4 is 15.9 Å². The molecule has 0 aromatic heterocycles. The van der Waals surface area contributed by atoms with E-state index in [1.165, 1.54) is 12.8 Å². The summed E-state index contributed by atoms with van der Waals surface area (Å²) in [6, 6.07) is 5.45. The first kappa shape index (κ1) is 15.9. The van der Waals surface area contributed by atoms with Gasteiger partial charge in [-0.1, -0.05) is 29.3 Å². The van der Waals surface area contributed by atoms with Gasteiger partial charge < -0.3 is 5.32 Å². The Morgan fingerprint density at radius 1 is 1.40 bits per heavy atom. The van der Waals surface area contributed by atoms with Crippen molar-refractivity contribution in [2.24, 2.45) is 5.92 Å². The van der Waals surface area contributed by atoms with Gasteiger partial charge >= 0.3 is 0 Å². The molecule has 112 valence electrons. The minimum absolute atomic E-state index is 0.0894. The molecule has 2 atom stereocenters. The molecule has 0 spiro atoms. The summed E-state index contributed by atoms with van der Waals surface area (Å²) in [5.74, 6) is 0.375. The first-order valence-electron chi connectivity index (χ1n) is 7.49. The first-order chi connectivity index (χ1) is 9.63. The molecule has 2 nitrogen and oxygen atoms in total. The smallest absolute Gasteiger partial charge is 0.128 e. The molecule has 1 fully saturated rings. The summed E-state index contributed by atoms with van der Waals surface area (Å²) in [5.41, 5.74) is 0.826. The lowest BCUT2D eigenvalue weighted by molar-refractivity contribution is 0.185. The monoisotopic (exact) mass is 342 g/mol. The molecule has 2 rings (SSSR count). The van der Waals surface area contributed by atoms with E-state index in [1.54, 1.807) is 12.1 Å². The molecule has 1 heterocycles. The molecule has 4 heteroatoms. The lowest BCUT2D eigenvalue weighted by Gasteiger charge is -2.33. The molecule has 1 saturated heterocycles. The highest BCUT2D eigenvalue weighted by atomic mass is 79.9. The predicted molar refractivity (Wildman–Crippen MR) is 85.4 cm³/mol. The summed E-state index contributed by atoms with van der Waals surface area (Å²) in [7, 11) is 2.12. The standard InChI is InChI=1S/C16H24BrFN2/c1-3-19-11-12-6-4-5-9-20(2)16(12)14-10-13(17)7-8-15(14)18/h7-8,10,12,16,19H,3-6,9,11H2,1-2H3. The van der Waals surface area contributed by atoms with Gasteiger partial charge in [0.2, 0.25) is 0 Å². The number of nitrogens with one attached hydrogen (secondary N) is 1. The van der Waals surface area contributed by atoms with Crippen molar-refractivity contribution < 1.29 is 4.39 Å². The fraction of sp³-hybridized carbons (Fsp3) is 0.625. The second-order valence-electron chi connectivity index (χ2n) is 5.65. The van der Waals surface area contributed by atoms with E-state index >= 15 is 0 Å². The van der Waals surface area contributed by atoms with Crippen LogP contribution >= 0.6 is 15.9 Å². The average molecular weight is 343 g/mol. The average Bonchev–Trinajstić information content (AvgIpc) is 2.61. The number of hydrogen-bond acceptors (Lipinski definition) is 2. The lowest BCUT2D eigenvalue weighted by Crippen LogP contribution is -2.35. The Morgan fingerprint density at radius 3 is 2.95 bits per heavy atom. The van der Waals surface area contributed by atoms with Gasteiger partial charge in [-0.15, -0.1) is 0 Å². The molecule has 0 saturated carbocycles. The summed E-state index contributed by atoms with van der Waals surface area (Å²) < 4.78 is 15.2. The molecule has 1 aliphatic heterocycles. The second-order valence-corrected chi connectivity index (χ2v) is 6.57. The number of nitrogens with zero attached hydrogens (tertiary/aromatic N) is 1. The molecule has 1 aliphatic rings. The summed E-state index contributed by atoms with van der Waals surface area (Å²) in [6.07, 6.45) is 3.59. The second kappa shape index (κ2) is 7.53. The third kappa shape index (κ3) is 3.80. The Morgan fingerprint density at radius 2 is 2.20 bits per heavy atom. The molecular formula is C16H24BrFN2. The highest BCUT2D eigenvalue weighted by molar-refractivity contribution is 9.10. The SMILES string of the molecule is CCNCC1CCCCN(C)C1c1cc(Br)ccc1F. The Kier molecular flexibility index (Phi) is 6.00. The van der Waals surface area contributed by atoms with Crippen LogP contribution in [0, 0.1) is 11.7 Å². The van der Waals surface area contributed by atoms with Crippen molar-refractivity contribution in [2.75, 3.05) is 26.7 Å². The third-order valence-electron chi connectivity index (χ3n) is 4.19. The zero-order valence-electron chi connectivity index (χ0n) is 12.3. The van der Waals surface area contributed by atoms with Crippen molar-refractivity contribution in [1.29, 1.82) is 0 Å². The van der Waals surface area contributed by atoms with Crippen LogP contribution in [0.15, 0.2) is 22.7 Å². The van der Waals surface area contributed by atoms with E-state index in [0.29, 0.717) is 5.92 Å². The molecular weight excluding hydrogens is 319 g/mol. The topological polar surface area (TPSA) is 15.3 Å². The van der Waals surface area contributed by atoms with Crippen LogP contribution in [-0.4, -0.2) is 31.6 Å². The number of hydrogen-bond donors (Lipinski definition) is 1. The van der Waals surface area contributed by atoms with Crippen molar-refractivity contribution in [3.8, 4) is 0 Å². The van der Waals surface area contributed by atoms with Crippen molar-refractivity contribution in [3.63, 3.8) is 0 Å². The Balaban J connectivity index is 2.31. The highest BCUT2D eigenvalue weighted by Gasteiger charge is 2.30. The van der Waals surface area contributed by atoms with Crippen LogP contribution in [0.5, 0.6) is 0 Å². The van der Waals surface area contributed by atoms with Gasteiger partial charge in [0.25, 0.3) is 0 Å². The van der Waals surface area contributed by atoms with Gasteiger partial charge in [-0.25, -0.2) is 4.39 Å². The maximum Gasteiger partial charge on any atom is 0.128 e. The van der Waals surface area contributed by atoms with Gasteiger partial charge in [0, 0.05) is 16.1 Å². The molecule has 1 aromatic rings. The van der Waals surface area contributed by atoms with Gasteiger partial charge in [0.1, 0.15) is 5.82 Å². The molecule has 2 unspecified atom stereocenters. The zero-order valence-corrected chi connectivity index (χ0v) is 13.9. The number of likely N-dealkylation sites (tertiary alicyclic amines) is 1. The minimum atomic E-state index is -0.0894. The van der Waals surface area contributed by atoms with Crippen LogP contribution in [0.4, 0.5) is 4.39 Å². The molecule has 0 aliphatic carbocycles. The fourth-order valence-corrected chi connectivity index (χ4v) is 3.58. The number of benzene rings is 1. The Bertz CT molecular complexity index is 438. The summed E-state index contributed by atoms with van der Waals surface area (Å²) in [6.45, 7) is 5.08. The van der Waals surface area contributed by atoms with Crippen LogP contribution in [-0.2, 0) is 0 Å². The normalized spacial score (nSPS) is 24.6. The van der Waals surface area contributed by atoms with E-state index in [0.717, 1.165) is 36.1 Å². The number of rotatable bonds is 4. The van der Waals surface area contributed by atoms with E-state index < -0.39 is 0 Å². The molecule has 0 amide bonds. The van der Waals surface area contributed by atoms with Crippen molar-refractivity contribution in [1.82, 2.24) is 10.2 Å². The maximum absolute atomic E-state index is 14.3. The summed E-state index contributed by atoms with van der Waals surface area (Å²) >= 11 is 3.47. The summed E-state index contributed by atoms with van der Waals surface area (Å²) in [5, 5.41) is 3.44. The fourth-order valence-electron chi connectivity index (χ4n) is 3.20. The maximum atomic E-state index is 14.3. The van der Waals surface area contributed by atoms with Crippen molar-refractivity contribution in [3.05, 3.63) is 34.1 Å². The predicted octanol–water partition coefficient (Wildman–Crippen LogP) is 3.97. The first-order valence-corrected chi connectivity index (χ1v) is 8.28. The zero-order chi connectivity index (χ0) is 14.5. The quantitative estimate of drug-likeness (QED) is 0.890. The summed E-state index contributed by atoms with van der Waals surface area (Å²) in [4.78, 5) is 2.32. The van der Waals surface area contributed by atoms with E-state index in [1.807, 2.05) is 6.07 Å². The van der Waals surface area contributed by atoms with E-state index in [9.17, 15) is 4.39 Å². The van der Waals surface area contributed by atoms with Crippen LogP contribution in [0.25, 0.3) is 0 Å². The van der Waals surface area contributed by atoms with E-state index in [2.05, 4.69) is 40.1 Å². The van der Waals surface area contributed by atoms with Crippen LogP contribution in [0.2, 0.25) is 0 Å². The van der Waals surface area contributed by atoms with E-state index in [4.69, 9.17) is 0 Å². The lowest BCUT2D eigenvalue weighted by atomic mass is 9.89. The third-order valence-corrected chi connectivity index (χ3v) is 4.68. The van der Waals surface area contributed by atoms with Gasteiger partial charge in [-0.05, 0) is 63.6 Å². The van der Waals surface area contributed by atoms with Crippen LogP contribution < -0.4 is 5.32 Å². The molecule has 1 aromatic carbocycles. The number of halogens is 2.